The number of rotatable bonds is 3. The average Bonchev–Trinajstić information content (AvgIpc) is 2.63. The molecule has 1 aliphatic rings. The molecule has 2 amide bonds. The van der Waals surface area contributed by atoms with Gasteiger partial charge in [0.25, 0.3) is 5.91 Å². The third kappa shape index (κ3) is 3.67. The van der Waals surface area contributed by atoms with Crippen LogP contribution in [0.4, 0.5) is 28.9 Å². The lowest BCUT2D eigenvalue weighted by Gasteiger charge is -2.24. The Morgan fingerprint density at radius 1 is 1.04 bits per heavy atom. The summed E-state index contributed by atoms with van der Waals surface area (Å²) in [5.74, 6) is -8.50. The highest BCUT2D eigenvalue weighted by molar-refractivity contribution is 6.44. The van der Waals surface area contributed by atoms with E-state index in [-0.39, 0.29) is 29.6 Å². The van der Waals surface area contributed by atoms with Crippen molar-refractivity contribution in [2.45, 2.75) is 19.8 Å². The summed E-state index contributed by atoms with van der Waals surface area (Å²) in [6.45, 7) is 1.86. The first kappa shape index (κ1) is 18.6. The van der Waals surface area contributed by atoms with Gasteiger partial charge in [0.2, 0.25) is 5.91 Å². The van der Waals surface area contributed by atoms with Gasteiger partial charge in [-0.3, -0.25) is 9.59 Å². The van der Waals surface area contributed by atoms with Crippen LogP contribution in [-0.4, -0.2) is 17.5 Å². The second-order valence-electron chi connectivity index (χ2n) is 5.89. The van der Waals surface area contributed by atoms with E-state index in [1.165, 1.54) is 0 Å². The van der Waals surface area contributed by atoms with Crippen LogP contribution in [0.3, 0.4) is 0 Å². The number of hydrogen-bond acceptors (Lipinski definition) is 3. The summed E-state index contributed by atoms with van der Waals surface area (Å²) < 4.78 is 54.8. The predicted molar refractivity (Wildman–Crippen MR) is 90.2 cm³/mol. The monoisotopic (exact) mass is 379 g/mol. The molecular formula is C18H13F4N3O2. The van der Waals surface area contributed by atoms with Crippen molar-refractivity contribution in [2.24, 2.45) is 5.10 Å². The summed E-state index contributed by atoms with van der Waals surface area (Å²) >= 11 is 0. The summed E-state index contributed by atoms with van der Waals surface area (Å²) in [4.78, 5) is 24.3. The van der Waals surface area contributed by atoms with Crippen LogP contribution in [0.1, 0.15) is 18.4 Å². The third-order valence-corrected chi connectivity index (χ3v) is 3.90. The molecule has 9 heteroatoms. The lowest BCUT2D eigenvalue weighted by molar-refractivity contribution is -0.118. The van der Waals surface area contributed by atoms with Gasteiger partial charge in [-0.1, -0.05) is 17.7 Å². The Bertz CT molecular complexity index is 932. The zero-order valence-electron chi connectivity index (χ0n) is 14.0. The molecule has 1 aliphatic heterocycles. The Hall–Kier alpha value is -3.23. The Balaban J connectivity index is 1.94. The van der Waals surface area contributed by atoms with Crippen molar-refractivity contribution in [1.29, 1.82) is 0 Å². The molecule has 1 N–H and O–H groups in total. The van der Waals surface area contributed by atoms with E-state index in [0.29, 0.717) is 5.69 Å². The number of halogens is 4. The molecule has 1 heterocycles. The SMILES string of the molecule is Cc1ccc(NC(=O)C2=NN(c3c(F)c(F)cc(F)c3F)C(=O)CC2)cc1. The number of aryl methyl sites for hydroxylation is 1. The molecule has 5 nitrogen and oxygen atoms in total. The second kappa shape index (κ2) is 7.18. The van der Waals surface area contributed by atoms with Crippen molar-refractivity contribution in [3.8, 4) is 0 Å². The zero-order valence-corrected chi connectivity index (χ0v) is 14.0. The molecule has 0 radical (unpaired) electrons. The molecule has 0 unspecified atom stereocenters. The number of amides is 2. The minimum absolute atomic E-state index is 0.0251. The van der Waals surface area contributed by atoms with E-state index in [9.17, 15) is 27.2 Å². The van der Waals surface area contributed by atoms with Crippen molar-refractivity contribution >= 4 is 28.9 Å². The van der Waals surface area contributed by atoms with Gasteiger partial charge in [-0.15, -0.1) is 0 Å². The average molecular weight is 379 g/mol. The molecule has 27 heavy (non-hydrogen) atoms. The van der Waals surface area contributed by atoms with E-state index in [1.54, 1.807) is 24.3 Å². The van der Waals surface area contributed by atoms with E-state index in [1.807, 2.05) is 6.92 Å². The predicted octanol–water partition coefficient (Wildman–Crippen LogP) is 3.67. The molecule has 0 bridgehead atoms. The number of hydrogen-bond donors (Lipinski definition) is 1. The van der Waals surface area contributed by atoms with Gasteiger partial charge in [0.05, 0.1) is 0 Å². The van der Waals surface area contributed by atoms with Gasteiger partial charge >= 0.3 is 0 Å². The van der Waals surface area contributed by atoms with Crippen LogP contribution in [-0.2, 0) is 9.59 Å². The van der Waals surface area contributed by atoms with Crippen molar-refractivity contribution in [2.75, 3.05) is 10.3 Å². The molecule has 0 spiro atoms. The number of carbonyl (C=O) groups excluding carboxylic acids is 2. The maximum atomic E-state index is 14.0. The Kier molecular flexibility index (Phi) is 4.93. The van der Waals surface area contributed by atoms with E-state index in [2.05, 4.69) is 10.4 Å². The quantitative estimate of drug-likeness (QED) is 0.653. The van der Waals surface area contributed by atoms with Crippen molar-refractivity contribution in [1.82, 2.24) is 0 Å². The maximum absolute atomic E-state index is 14.0. The summed E-state index contributed by atoms with van der Waals surface area (Å²) in [6.07, 6.45) is -0.398. The fourth-order valence-corrected chi connectivity index (χ4v) is 2.48. The number of nitrogens with one attached hydrogen (secondary N) is 1. The fourth-order valence-electron chi connectivity index (χ4n) is 2.48. The van der Waals surface area contributed by atoms with Gasteiger partial charge in [-0.2, -0.15) is 10.1 Å². The van der Waals surface area contributed by atoms with Gasteiger partial charge in [-0.25, -0.2) is 17.6 Å². The molecule has 140 valence electrons. The molecule has 0 fully saturated rings. The number of benzene rings is 2. The Morgan fingerprint density at radius 2 is 1.63 bits per heavy atom. The molecule has 0 atom stereocenters. The van der Waals surface area contributed by atoms with Crippen molar-refractivity contribution in [3.05, 3.63) is 59.2 Å². The topological polar surface area (TPSA) is 61.8 Å². The largest absolute Gasteiger partial charge is 0.321 e. The van der Waals surface area contributed by atoms with Crippen LogP contribution < -0.4 is 10.3 Å². The maximum Gasteiger partial charge on any atom is 0.271 e. The van der Waals surface area contributed by atoms with E-state index < -0.39 is 40.8 Å². The molecule has 0 aliphatic carbocycles. The van der Waals surface area contributed by atoms with Gasteiger partial charge in [0.1, 0.15) is 11.4 Å². The minimum Gasteiger partial charge on any atom is -0.321 e. The smallest absolute Gasteiger partial charge is 0.271 e. The molecular weight excluding hydrogens is 366 g/mol. The normalized spacial score (nSPS) is 14.2. The number of anilines is 2. The highest BCUT2D eigenvalue weighted by Crippen LogP contribution is 2.30. The van der Waals surface area contributed by atoms with Gasteiger partial charge in [0.15, 0.2) is 23.3 Å². The molecule has 0 aromatic heterocycles. The number of nitrogens with zero attached hydrogens (tertiary/aromatic N) is 2. The first-order chi connectivity index (χ1) is 12.8. The van der Waals surface area contributed by atoms with Gasteiger partial charge in [0, 0.05) is 24.6 Å². The molecule has 2 aromatic rings. The van der Waals surface area contributed by atoms with Gasteiger partial charge in [-0.05, 0) is 19.1 Å². The number of hydrazone groups is 1. The highest BCUT2D eigenvalue weighted by Gasteiger charge is 2.32. The first-order valence-corrected chi connectivity index (χ1v) is 7.89. The highest BCUT2D eigenvalue weighted by atomic mass is 19.2. The summed E-state index contributed by atoms with van der Waals surface area (Å²) in [6, 6.07) is 6.82. The first-order valence-electron chi connectivity index (χ1n) is 7.89. The summed E-state index contributed by atoms with van der Waals surface area (Å²) in [7, 11) is 0. The molecule has 0 saturated heterocycles. The van der Waals surface area contributed by atoms with E-state index in [4.69, 9.17) is 0 Å². The summed E-state index contributed by atoms with van der Waals surface area (Å²) in [5, 5.41) is 6.34. The van der Waals surface area contributed by atoms with Crippen LogP contribution in [0.25, 0.3) is 0 Å². The molecule has 0 saturated carbocycles. The van der Waals surface area contributed by atoms with Crippen LogP contribution >= 0.6 is 0 Å². The Morgan fingerprint density at radius 3 is 2.22 bits per heavy atom. The van der Waals surface area contributed by atoms with Gasteiger partial charge < -0.3 is 5.32 Å². The Labute approximate surface area is 151 Å². The fraction of sp³-hybridized carbons (Fsp3) is 0.167. The molecule has 2 aromatic carbocycles. The molecule has 3 rings (SSSR count). The van der Waals surface area contributed by atoms with Crippen LogP contribution in [0.2, 0.25) is 0 Å². The third-order valence-electron chi connectivity index (χ3n) is 3.90. The minimum atomic E-state index is -1.77. The standard InChI is InChI=1S/C18H13F4N3O2/c1-9-2-4-10(5-3-9)23-18(27)13-6-7-14(26)25(24-13)17-15(21)11(19)8-12(20)16(17)22/h2-5,8H,6-7H2,1H3,(H,23,27). The van der Waals surface area contributed by atoms with E-state index >= 15 is 0 Å². The van der Waals surface area contributed by atoms with E-state index in [0.717, 1.165) is 5.56 Å². The van der Waals surface area contributed by atoms with Crippen molar-refractivity contribution < 1.29 is 27.2 Å². The van der Waals surface area contributed by atoms with Crippen LogP contribution in [0, 0.1) is 30.2 Å². The number of carbonyl (C=O) groups is 2. The van der Waals surface area contributed by atoms with Crippen LogP contribution in [0.15, 0.2) is 35.4 Å². The summed E-state index contributed by atoms with van der Waals surface area (Å²) in [5.41, 5.74) is -0.0822. The zero-order chi connectivity index (χ0) is 19.7. The van der Waals surface area contributed by atoms with Crippen molar-refractivity contribution in [3.63, 3.8) is 0 Å². The van der Waals surface area contributed by atoms with Crippen LogP contribution in [0.5, 0.6) is 0 Å². The lowest BCUT2D eigenvalue weighted by Crippen LogP contribution is -2.37. The lowest BCUT2D eigenvalue weighted by atomic mass is 10.1. The second-order valence-corrected chi connectivity index (χ2v) is 5.89.